The Morgan fingerprint density at radius 3 is 2.64 bits per heavy atom. The third kappa shape index (κ3) is 5.47. The Balaban J connectivity index is 1.52. The molecule has 2 aromatic carbocycles. The lowest BCUT2D eigenvalue weighted by molar-refractivity contribution is -0.123. The monoisotopic (exact) mass is 575 g/mol. The fourth-order valence-corrected chi connectivity index (χ4v) is 4.58. The molecule has 11 heteroatoms. The Hall–Kier alpha value is -3.57. The predicted octanol–water partition coefficient (Wildman–Crippen LogP) is 5.79. The number of benzene rings is 2. The number of esters is 1. The number of imide groups is 1. The summed E-state index contributed by atoms with van der Waals surface area (Å²) in [6, 6.07) is 12.5. The smallest absolute Gasteiger partial charge is 0.373 e. The zero-order valence-electron chi connectivity index (χ0n) is 19.1. The molecule has 0 N–H and O–H groups in total. The summed E-state index contributed by atoms with van der Waals surface area (Å²) in [5.74, 6) is -0.564. The Morgan fingerprint density at radius 1 is 1.14 bits per heavy atom. The quantitative estimate of drug-likeness (QED) is 0.246. The molecular formula is C25H19BrFNO7S. The molecule has 1 aromatic heterocycles. The van der Waals surface area contributed by atoms with Gasteiger partial charge in [-0.1, -0.05) is 34.1 Å². The first-order chi connectivity index (χ1) is 17.3. The molecule has 1 aliphatic rings. The van der Waals surface area contributed by atoms with Crippen LogP contribution < -0.4 is 9.47 Å². The normalized spacial score (nSPS) is 14.4. The van der Waals surface area contributed by atoms with Gasteiger partial charge in [-0.2, -0.15) is 0 Å². The Bertz CT molecular complexity index is 1370. The van der Waals surface area contributed by atoms with Gasteiger partial charge in [0.15, 0.2) is 11.5 Å². The molecule has 0 bridgehead atoms. The Labute approximate surface area is 218 Å². The summed E-state index contributed by atoms with van der Waals surface area (Å²) in [5.41, 5.74) is 0.963. The number of methoxy groups -OCH3 is 2. The van der Waals surface area contributed by atoms with E-state index in [4.69, 9.17) is 13.9 Å². The van der Waals surface area contributed by atoms with E-state index < -0.39 is 17.1 Å². The van der Waals surface area contributed by atoms with E-state index in [0.29, 0.717) is 27.1 Å². The van der Waals surface area contributed by atoms with Crippen molar-refractivity contribution in [2.45, 2.75) is 13.2 Å². The average Bonchev–Trinajstić information content (AvgIpc) is 3.44. The van der Waals surface area contributed by atoms with E-state index >= 15 is 0 Å². The summed E-state index contributed by atoms with van der Waals surface area (Å²) >= 11 is 4.23. The zero-order valence-corrected chi connectivity index (χ0v) is 21.5. The van der Waals surface area contributed by atoms with Crippen molar-refractivity contribution in [1.82, 2.24) is 4.90 Å². The SMILES string of the molecule is COC(=O)c1ccc(CN2C(=O)S/C(=C/c3cc(OC)c(OCc4ccccc4F)cc3Br)C2=O)o1. The first kappa shape index (κ1) is 25.5. The molecular weight excluding hydrogens is 557 g/mol. The van der Waals surface area contributed by atoms with Crippen molar-refractivity contribution in [2.24, 2.45) is 0 Å². The first-order valence-corrected chi connectivity index (χ1v) is 12.1. The molecule has 0 radical (unpaired) electrons. The van der Waals surface area contributed by atoms with Gasteiger partial charge in [0.25, 0.3) is 11.1 Å². The van der Waals surface area contributed by atoms with Crippen LogP contribution in [0.3, 0.4) is 0 Å². The van der Waals surface area contributed by atoms with E-state index in [9.17, 15) is 18.8 Å². The highest BCUT2D eigenvalue weighted by atomic mass is 79.9. The number of hydrogen-bond acceptors (Lipinski definition) is 8. The number of furan rings is 1. The molecule has 2 heterocycles. The van der Waals surface area contributed by atoms with Gasteiger partial charge in [-0.3, -0.25) is 14.5 Å². The molecule has 2 amide bonds. The van der Waals surface area contributed by atoms with Crippen molar-refractivity contribution in [3.63, 3.8) is 0 Å². The van der Waals surface area contributed by atoms with Crippen LogP contribution in [0.4, 0.5) is 9.18 Å². The number of carbonyl (C=O) groups is 3. The van der Waals surface area contributed by atoms with Crippen molar-refractivity contribution < 1.29 is 37.4 Å². The lowest BCUT2D eigenvalue weighted by atomic mass is 10.1. The summed E-state index contributed by atoms with van der Waals surface area (Å²) < 4.78 is 35.6. The molecule has 0 aliphatic carbocycles. The van der Waals surface area contributed by atoms with Crippen LogP contribution in [0.25, 0.3) is 6.08 Å². The van der Waals surface area contributed by atoms with Gasteiger partial charge in [0.05, 0.1) is 25.7 Å². The van der Waals surface area contributed by atoms with Crippen LogP contribution in [-0.4, -0.2) is 36.2 Å². The number of halogens is 2. The van der Waals surface area contributed by atoms with Crippen molar-refractivity contribution in [3.8, 4) is 11.5 Å². The molecule has 8 nitrogen and oxygen atoms in total. The topological polar surface area (TPSA) is 95.3 Å². The lowest BCUT2D eigenvalue weighted by Gasteiger charge is -2.13. The highest BCUT2D eigenvalue weighted by Gasteiger charge is 2.36. The van der Waals surface area contributed by atoms with Crippen molar-refractivity contribution in [1.29, 1.82) is 0 Å². The lowest BCUT2D eigenvalue weighted by Crippen LogP contribution is -2.27. The van der Waals surface area contributed by atoms with E-state index in [1.54, 1.807) is 36.4 Å². The second kappa shape index (κ2) is 11.0. The summed E-state index contributed by atoms with van der Waals surface area (Å²) in [6.45, 7) is -0.134. The summed E-state index contributed by atoms with van der Waals surface area (Å²) in [6.07, 6.45) is 1.56. The molecule has 0 unspecified atom stereocenters. The maximum absolute atomic E-state index is 13.9. The fraction of sp³-hybridized carbons (Fsp3) is 0.160. The molecule has 1 saturated heterocycles. The van der Waals surface area contributed by atoms with Crippen LogP contribution in [0.15, 0.2) is 62.3 Å². The number of nitrogens with zero attached hydrogens (tertiary/aromatic N) is 1. The second-order valence-electron chi connectivity index (χ2n) is 7.43. The van der Waals surface area contributed by atoms with Gasteiger partial charge >= 0.3 is 5.97 Å². The van der Waals surface area contributed by atoms with E-state index in [1.165, 1.54) is 32.4 Å². The van der Waals surface area contributed by atoms with Crippen LogP contribution >= 0.6 is 27.7 Å². The van der Waals surface area contributed by atoms with Crippen molar-refractivity contribution >= 4 is 50.9 Å². The molecule has 0 saturated carbocycles. The van der Waals surface area contributed by atoms with Crippen molar-refractivity contribution in [2.75, 3.05) is 14.2 Å². The zero-order chi connectivity index (χ0) is 25.8. The van der Waals surface area contributed by atoms with Gasteiger partial charge in [-0.25, -0.2) is 9.18 Å². The highest BCUT2D eigenvalue weighted by molar-refractivity contribution is 9.10. The summed E-state index contributed by atoms with van der Waals surface area (Å²) in [4.78, 5) is 38.2. The van der Waals surface area contributed by atoms with Crippen LogP contribution in [0.5, 0.6) is 11.5 Å². The largest absolute Gasteiger partial charge is 0.493 e. The maximum atomic E-state index is 13.9. The number of ether oxygens (including phenoxy) is 3. The second-order valence-corrected chi connectivity index (χ2v) is 9.28. The van der Waals surface area contributed by atoms with Crippen LogP contribution in [-0.2, 0) is 22.7 Å². The molecule has 4 rings (SSSR count). The number of hydrogen-bond donors (Lipinski definition) is 0. The van der Waals surface area contributed by atoms with E-state index in [1.807, 2.05) is 0 Å². The van der Waals surface area contributed by atoms with E-state index in [-0.39, 0.29) is 35.4 Å². The molecule has 0 spiro atoms. The average molecular weight is 576 g/mol. The molecule has 0 atom stereocenters. The number of thioether (sulfide) groups is 1. The Kier molecular flexibility index (Phi) is 7.80. The van der Waals surface area contributed by atoms with Gasteiger partial charge in [-0.15, -0.1) is 0 Å². The van der Waals surface area contributed by atoms with Crippen molar-refractivity contribution in [3.05, 3.63) is 86.4 Å². The van der Waals surface area contributed by atoms with Gasteiger partial charge in [0.2, 0.25) is 5.76 Å². The predicted molar refractivity (Wildman–Crippen MR) is 133 cm³/mol. The standard InChI is InChI=1S/C25H19BrFNO7S/c1-32-20-9-15(17(26)11-21(20)34-13-14-5-3-4-6-18(14)27)10-22-23(29)28(25(31)36-22)12-16-7-8-19(35-16)24(30)33-2/h3-11H,12-13H2,1-2H3/b22-10+. The maximum Gasteiger partial charge on any atom is 0.373 e. The third-order valence-electron chi connectivity index (χ3n) is 5.15. The van der Waals surface area contributed by atoms with Gasteiger partial charge < -0.3 is 18.6 Å². The first-order valence-electron chi connectivity index (χ1n) is 10.5. The molecule has 3 aromatic rings. The molecule has 1 fully saturated rings. The minimum absolute atomic E-state index is 0.00181. The van der Waals surface area contributed by atoms with Gasteiger partial charge in [-0.05, 0) is 53.7 Å². The molecule has 186 valence electrons. The number of rotatable bonds is 8. The minimum Gasteiger partial charge on any atom is -0.493 e. The number of amides is 2. The summed E-state index contributed by atoms with van der Waals surface area (Å²) in [7, 11) is 2.68. The fourth-order valence-electron chi connectivity index (χ4n) is 3.31. The third-order valence-corrected chi connectivity index (χ3v) is 6.74. The van der Waals surface area contributed by atoms with Crippen LogP contribution in [0, 0.1) is 5.82 Å². The van der Waals surface area contributed by atoms with E-state index in [0.717, 1.165) is 16.7 Å². The molecule has 1 aliphatic heterocycles. The van der Waals surface area contributed by atoms with Gasteiger partial charge in [0.1, 0.15) is 18.2 Å². The highest BCUT2D eigenvalue weighted by Crippen LogP contribution is 2.38. The molecule has 36 heavy (non-hydrogen) atoms. The van der Waals surface area contributed by atoms with Crippen LogP contribution in [0.1, 0.15) is 27.4 Å². The number of carbonyl (C=O) groups excluding carboxylic acids is 3. The minimum atomic E-state index is -0.657. The summed E-state index contributed by atoms with van der Waals surface area (Å²) in [5, 5.41) is -0.477. The van der Waals surface area contributed by atoms with E-state index in [2.05, 4.69) is 20.7 Å². The van der Waals surface area contributed by atoms with Crippen LogP contribution in [0.2, 0.25) is 0 Å². The van der Waals surface area contributed by atoms with Gasteiger partial charge in [0, 0.05) is 10.0 Å². The Morgan fingerprint density at radius 2 is 1.92 bits per heavy atom.